The van der Waals surface area contributed by atoms with Gasteiger partial charge in [0.2, 0.25) is 17.7 Å². The van der Waals surface area contributed by atoms with Gasteiger partial charge in [0, 0.05) is 27.1 Å². The highest BCUT2D eigenvalue weighted by molar-refractivity contribution is 5.99. The fraction of sp³-hybridized carbons (Fsp3) is 0.389. The van der Waals surface area contributed by atoms with Crippen LogP contribution in [-0.4, -0.2) is 93.5 Å². The van der Waals surface area contributed by atoms with Crippen molar-refractivity contribution in [2.24, 2.45) is 0 Å². The van der Waals surface area contributed by atoms with Crippen LogP contribution in [0.4, 0.5) is 0 Å². The van der Waals surface area contributed by atoms with Crippen LogP contribution >= 0.6 is 0 Å². The largest absolute Gasteiger partial charge is 0.493 e. The van der Waals surface area contributed by atoms with Crippen LogP contribution in [0.5, 0.6) is 17.2 Å². The van der Waals surface area contributed by atoms with E-state index in [0.717, 1.165) is 11.1 Å². The summed E-state index contributed by atoms with van der Waals surface area (Å²) in [6.07, 6.45) is 1.85. The molecule has 47 heavy (non-hydrogen) atoms. The van der Waals surface area contributed by atoms with Gasteiger partial charge in [-0.15, -0.1) is 0 Å². The van der Waals surface area contributed by atoms with Crippen LogP contribution in [0.2, 0.25) is 0 Å². The highest BCUT2D eigenvalue weighted by Gasteiger charge is 2.28. The Bertz CT molecular complexity index is 1530. The summed E-state index contributed by atoms with van der Waals surface area (Å²) in [7, 11) is 6.42. The molecule has 0 saturated heterocycles. The maximum atomic E-state index is 13.6. The van der Waals surface area contributed by atoms with Crippen molar-refractivity contribution in [3.05, 3.63) is 89.5 Å². The highest BCUT2D eigenvalue weighted by atomic mass is 16.5. The molecule has 4 rings (SSSR count). The van der Waals surface area contributed by atoms with Crippen molar-refractivity contribution >= 4 is 23.6 Å². The molecule has 0 unspecified atom stereocenters. The zero-order valence-corrected chi connectivity index (χ0v) is 27.5. The van der Waals surface area contributed by atoms with Crippen LogP contribution in [0, 0.1) is 0 Å². The molecular weight excluding hydrogens is 600 g/mol. The van der Waals surface area contributed by atoms with Gasteiger partial charge in [-0.2, -0.15) is 0 Å². The molecule has 0 aromatic heterocycles. The Balaban J connectivity index is 1.49. The van der Waals surface area contributed by atoms with Crippen molar-refractivity contribution in [1.82, 2.24) is 20.4 Å². The van der Waals surface area contributed by atoms with Crippen LogP contribution in [0.3, 0.4) is 0 Å². The van der Waals surface area contributed by atoms with E-state index in [0.29, 0.717) is 43.1 Å². The first kappa shape index (κ1) is 34.8. The van der Waals surface area contributed by atoms with Gasteiger partial charge in [0.05, 0.1) is 32.4 Å². The maximum absolute atomic E-state index is 13.6. The van der Waals surface area contributed by atoms with Crippen LogP contribution in [0.1, 0.15) is 40.7 Å². The molecule has 0 aliphatic carbocycles. The lowest BCUT2D eigenvalue weighted by molar-refractivity contribution is -0.140. The van der Waals surface area contributed by atoms with E-state index < -0.39 is 17.9 Å². The van der Waals surface area contributed by atoms with Crippen molar-refractivity contribution in [2.45, 2.75) is 44.2 Å². The van der Waals surface area contributed by atoms with E-state index in [4.69, 9.17) is 14.2 Å². The van der Waals surface area contributed by atoms with Crippen molar-refractivity contribution in [3.63, 3.8) is 0 Å². The van der Waals surface area contributed by atoms with Gasteiger partial charge >= 0.3 is 0 Å². The summed E-state index contributed by atoms with van der Waals surface area (Å²) in [4.78, 5) is 56.3. The minimum atomic E-state index is -0.983. The number of hydrogen-bond acceptors (Lipinski definition) is 7. The molecule has 0 radical (unpaired) electrons. The molecule has 4 amide bonds. The molecule has 3 aromatic rings. The summed E-state index contributed by atoms with van der Waals surface area (Å²) in [6, 6.07) is 20.9. The Morgan fingerprint density at radius 2 is 1.64 bits per heavy atom. The highest BCUT2D eigenvalue weighted by Crippen LogP contribution is 2.28. The smallest absolute Gasteiger partial charge is 0.255 e. The third kappa shape index (κ3) is 9.71. The maximum Gasteiger partial charge on any atom is 0.255 e. The average Bonchev–Trinajstić information content (AvgIpc) is 3.09. The summed E-state index contributed by atoms with van der Waals surface area (Å²) >= 11 is 0. The number of methoxy groups -OCH3 is 2. The monoisotopic (exact) mass is 644 g/mol. The van der Waals surface area contributed by atoms with E-state index in [2.05, 4.69) is 10.6 Å². The third-order valence-electron chi connectivity index (χ3n) is 8.27. The predicted molar refractivity (Wildman–Crippen MR) is 178 cm³/mol. The summed E-state index contributed by atoms with van der Waals surface area (Å²) in [5, 5.41) is 5.73. The summed E-state index contributed by atoms with van der Waals surface area (Å²) in [5.74, 6) is 0.158. The zero-order chi connectivity index (χ0) is 33.8. The van der Waals surface area contributed by atoms with Crippen LogP contribution < -0.4 is 24.8 Å². The van der Waals surface area contributed by atoms with Gasteiger partial charge in [-0.1, -0.05) is 48.5 Å². The molecule has 0 bridgehead atoms. The van der Waals surface area contributed by atoms with Crippen molar-refractivity contribution < 1.29 is 33.4 Å². The molecule has 1 aliphatic rings. The van der Waals surface area contributed by atoms with Crippen molar-refractivity contribution in [2.75, 3.05) is 48.0 Å². The van der Waals surface area contributed by atoms with E-state index in [9.17, 15) is 19.2 Å². The molecule has 1 aliphatic heterocycles. The fourth-order valence-electron chi connectivity index (χ4n) is 5.39. The number of aryl methyl sites for hydroxylation is 1. The van der Waals surface area contributed by atoms with Gasteiger partial charge < -0.3 is 34.6 Å². The van der Waals surface area contributed by atoms with Gasteiger partial charge in [0.15, 0.2) is 11.5 Å². The van der Waals surface area contributed by atoms with E-state index in [1.165, 1.54) is 4.90 Å². The number of fused-ring (bicyclic) bond motifs is 1. The van der Waals surface area contributed by atoms with E-state index >= 15 is 0 Å². The number of rotatable bonds is 9. The molecule has 250 valence electrons. The first-order chi connectivity index (χ1) is 22.7. The molecule has 0 spiro atoms. The van der Waals surface area contributed by atoms with Gasteiger partial charge in [0.1, 0.15) is 18.4 Å². The predicted octanol–water partition coefficient (Wildman–Crippen LogP) is 3.25. The third-order valence-corrected chi connectivity index (χ3v) is 8.27. The molecule has 0 saturated carbocycles. The molecular formula is C36H44N4O7. The fourth-order valence-corrected chi connectivity index (χ4v) is 5.39. The Morgan fingerprint density at radius 3 is 2.38 bits per heavy atom. The second-order valence-corrected chi connectivity index (χ2v) is 11.6. The Labute approximate surface area is 276 Å². The Hall–Kier alpha value is -5.06. The number of para-hydroxylation sites is 1. The first-order valence-corrected chi connectivity index (χ1v) is 15.7. The molecule has 2 N–H and O–H groups in total. The molecule has 11 nitrogen and oxygen atoms in total. The molecule has 2 atom stereocenters. The zero-order valence-electron chi connectivity index (χ0n) is 27.5. The second-order valence-electron chi connectivity index (χ2n) is 11.6. The minimum Gasteiger partial charge on any atom is -0.493 e. The standard InChI is InChI=1S/C36H44N4O7/c1-39-23-34(42)40(2)27(21-25-11-6-5-7-12-25)24-47-30-15-9-8-14-28(30)35(43)38-29(17-19-33(39)41)36(44)37-20-10-13-26-16-18-31(45-3)32(22-26)46-4/h5-9,11-12,14-16,18,22,27,29H,10,13,17,19-21,23-24H2,1-4H3,(H,37,44)(H,38,43)/t27-,29+/m1/s1. The van der Waals surface area contributed by atoms with E-state index in [1.807, 2.05) is 48.5 Å². The number of ether oxygens (including phenoxy) is 3. The molecule has 1 heterocycles. The number of hydrogen-bond donors (Lipinski definition) is 2. The summed E-state index contributed by atoms with van der Waals surface area (Å²) in [6.45, 7) is 0.344. The molecule has 0 fully saturated rings. The van der Waals surface area contributed by atoms with Gasteiger partial charge in [-0.05, 0) is 61.1 Å². The lowest BCUT2D eigenvalue weighted by Gasteiger charge is -2.30. The first-order valence-electron chi connectivity index (χ1n) is 15.7. The number of nitrogens with one attached hydrogen (secondary N) is 2. The van der Waals surface area contributed by atoms with Crippen LogP contribution in [0.25, 0.3) is 0 Å². The lowest BCUT2D eigenvalue weighted by Crippen LogP contribution is -2.48. The van der Waals surface area contributed by atoms with Crippen LogP contribution in [-0.2, 0) is 27.2 Å². The summed E-state index contributed by atoms with van der Waals surface area (Å²) < 4.78 is 16.9. The van der Waals surface area contributed by atoms with Crippen molar-refractivity contribution in [1.29, 1.82) is 0 Å². The van der Waals surface area contributed by atoms with E-state index in [-0.39, 0.29) is 49.4 Å². The number of likely N-dealkylation sites (N-methyl/N-ethyl adjacent to an activating group) is 2. The topological polar surface area (TPSA) is 127 Å². The van der Waals surface area contributed by atoms with Gasteiger partial charge in [-0.3, -0.25) is 19.2 Å². The number of carbonyl (C=O) groups excluding carboxylic acids is 4. The van der Waals surface area contributed by atoms with Gasteiger partial charge in [0.25, 0.3) is 5.91 Å². The Morgan fingerprint density at radius 1 is 0.915 bits per heavy atom. The number of amides is 4. The number of benzene rings is 3. The average molecular weight is 645 g/mol. The SMILES string of the molecule is COc1ccc(CCCNC(=O)[C@@H]2CCC(=O)N(C)CC(=O)N(C)[C@H](Cc3ccccc3)COc3ccccc3C(=O)N2)cc1OC. The minimum absolute atomic E-state index is 0.0386. The van der Waals surface area contributed by atoms with Crippen molar-refractivity contribution in [3.8, 4) is 17.2 Å². The number of nitrogens with zero attached hydrogens (tertiary/aromatic N) is 2. The lowest BCUT2D eigenvalue weighted by atomic mass is 10.1. The molecule has 11 heteroatoms. The van der Waals surface area contributed by atoms with Gasteiger partial charge in [-0.25, -0.2) is 0 Å². The molecule has 3 aromatic carbocycles. The quantitative estimate of drug-likeness (QED) is 0.343. The van der Waals surface area contributed by atoms with E-state index in [1.54, 1.807) is 57.5 Å². The Kier molecular flexibility index (Phi) is 12.6. The normalized spacial score (nSPS) is 17.8. The second kappa shape index (κ2) is 17.0. The summed E-state index contributed by atoms with van der Waals surface area (Å²) in [5.41, 5.74) is 2.30. The number of carbonyl (C=O) groups is 4. The van der Waals surface area contributed by atoms with Crippen LogP contribution in [0.15, 0.2) is 72.8 Å².